The largest absolute Gasteiger partial charge is 0.439 e. The predicted octanol–water partition coefficient (Wildman–Crippen LogP) is 3.56. The molecule has 2 N–H and O–H groups in total. The molecule has 180 valence electrons. The van der Waals surface area contributed by atoms with Gasteiger partial charge in [-0.2, -0.15) is 14.4 Å². The van der Waals surface area contributed by atoms with Crippen molar-refractivity contribution >= 4 is 23.2 Å². The zero-order valence-corrected chi connectivity index (χ0v) is 19.2. The Morgan fingerprint density at radius 3 is 2.40 bits per heavy atom. The third kappa shape index (κ3) is 6.11. The first-order valence-electron chi connectivity index (χ1n) is 10.7. The number of halogens is 2. The van der Waals surface area contributed by atoms with E-state index < -0.39 is 17.3 Å². The van der Waals surface area contributed by atoms with Gasteiger partial charge < -0.3 is 15.2 Å². The molecule has 0 amide bonds. The number of nitrogens with one attached hydrogen (secondary N) is 1. The Morgan fingerprint density at radius 1 is 0.971 bits per heavy atom. The molecule has 0 saturated carbocycles. The summed E-state index contributed by atoms with van der Waals surface area (Å²) in [6, 6.07) is 17.7. The van der Waals surface area contributed by atoms with Crippen LogP contribution in [0, 0.1) is 5.95 Å². The van der Waals surface area contributed by atoms with E-state index in [0.29, 0.717) is 16.5 Å². The number of hydrogen-bond acceptors (Lipinski definition) is 7. The van der Waals surface area contributed by atoms with E-state index in [1.54, 1.807) is 48.5 Å². The second kappa shape index (κ2) is 10.9. The molecule has 11 heteroatoms. The normalized spacial score (nSPS) is 10.8. The van der Waals surface area contributed by atoms with Crippen LogP contribution in [0.3, 0.4) is 0 Å². The standard InChI is InChI=1S/C24H21ClFN5O4/c25-17-7-5-16(6-8-17)15-31-22(29-23(33)30(24(31)34)13-2-14-32)27-18-9-11-19(12-10-18)35-21-4-1-3-20(26)28-21/h1,3-12,32H,2,13-15H2,(H,27,29,33). The molecule has 4 rings (SSSR count). The molecule has 0 bridgehead atoms. The van der Waals surface area contributed by atoms with Gasteiger partial charge >= 0.3 is 11.4 Å². The first-order chi connectivity index (χ1) is 16.9. The van der Waals surface area contributed by atoms with Gasteiger partial charge in [0.2, 0.25) is 17.8 Å². The highest BCUT2D eigenvalue weighted by Crippen LogP contribution is 2.23. The van der Waals surface area contributed by atoms with E-state index >= 15 is 0 Å². The number of rotatable bonds is 9. The van der Waals surface area contributed by atoms with Crippen LogP contribution in [0.5, 0.6) is 11.6 Å². The monoisotopic (exact) mass is 497 g/mol. The Bertz CT molecular complexity index is 1420. The first kappa shape index (κ1) is 24.1. The molecule has 0 fully saturated rings. The van der Waals surface area contributed by atoms with Gasteiger partial charge in [0, 0.05) is 29.9 Å². The maximum atomic E-state index is 13.3. The molecule has 2 heterocycles. The molecular formula is C24H21ClFN5O4. The lowest BCUT2D eigenvalue weighted by Crippen LogP contribution is -2.42. The predicted molar refractivity (Wildman–Crippen MR) is 129 cm³/mol. The maximum Gasteiger partial charge on any atom is 0.354 e. The minimum absolute atomic E-state index is 0.0439. The Hall–Kier alpha value is -4.02. The van der Waals surface area contributed by atoms with Gasteiger partial charge in [-0.05, 0) is 54.4 Å². The van der Waals surface area contributed by atoms with Crippen LogP contribution in [0.1, 0.15) is 12.0 Å². The molecule has 0 radical (unpaired) electrons. The molecule has 0 unspecified atom stereocenters. The number of hydrogen-bond donors (Lipinski definition) is 2. The second-order valence-electron chi connectivity index (χ2n) is 7.49. The van der Waals surface area contributed by atoms with Gasteiger partial charge in [-0.1, -0.05) is 29.8 Å². The third-order valence-electron chi connectivity index (χ3n) is 4.97. The van der Waals surface area contributed by atoms with Gasteiger partial charge in [0.25, 0.3) is 0 Å². The van der Waals surface area contributed by atoms with Crippen molar-refractivity contribution in [3.8, 4) is 11.6 Å². The molecule has 2 aromatic carbocycles. The van der Waals surface area contributed by atoms with Crippen molar-refractivity contribution in [2.45, 2.75) is 19.5 Å². The zero-order chi connectivity index (χ0) is 24.8. The van der Waals surface area contributed by atoms with Crippen molar-refractivity contribution in [3.05, 3.63) is 104 Å². The van der Waals surface area contributed by atoms with Crippen LogP contribution < -0.4 is 21.4 Å². The van der Waals surface area contributed by atoms with Crippen molar-refractivity contribution in [2.75, 3.05) is 11.9 Å². The fraction of sp³-hybridized carbons (Fsp3) is 0.167. The molecule has 0 aliphatic carbocycles. The first-order valence-corrected chi connectivity index (χ1v) is 11.1. The molecule has 0 aliphatic rings. The summed E-state index contributed by atoms with van der Waals surface area (Å²) in [6.07, 6.45) is 0.242. The fourth-order valence-corrected chi connectivity index (χ4v) is 3.39. The molecule has 4 aromatic rings. The highest BCUT2D eigenvalue weighted by molar-refractivity contribution is 6.30. The highest BCUT2D eigenvalue weighted by Gasteiger charge is 2.14. The molecule has 0 atom stereocenters. The van der Waals surface area contributed by atoms with Crippen LogP contribution >= 0.6 is 11.6 Å². The summed E-state index contributed by atoms with van der Waals surface area (Å²) in [5.41, 5.74) is 0.0253. The molecular weight excluding hydrogens is 477 g/mol. The van der Waals surface area contributed by atoms with E-state index in [4.69, 9.17) is 21.4 Å². The molecule has 0 spiro atoms. The van der Waals surface area contributed by atoms with Gasteiger partial charge in [-0.25, -0.2) is 14.2 Å². The minimum Gasteiger partial charge on any atom is -0.439 e. The van der Waals surface area contributed by atoms with Crippen LogP contribution in [0.2, 0.25) is 5.02 Å². The highest BCUT2D eigenvalue weighted by atomic mass is 35.5. The summed E-state index contributed by atoms with van der Waals surface area (Å²) >= 11 is 5.96. The number of aliphatic hydroxyl groups is 1. The number of benzene rings is 2. The summed E-state index contributed by atoms with van der Waals surface area (Å²) in [4.78, 5) is 33.4. The van der Waals surface area contributed by atoms with E-state index in [1.807, 2.05) is 0 Å². The number of pyridine rings is 1. The van der Waals surface area contributed by atoms with Crippen molar-refractivity contribution in [3.63, 3.8) is 0 Å². The summed E-state index contributed by atoms with van der Waals surface area (Å²) in [5.74, 6) is -0.0786. The average Bonchev–Trinajstić information content (AvgIpc) is 2.84. The molecule has 2 aromatic heterocycles. The Morgan fingerprint density at radius 2 is 1.71 bits per heavy atom. The van der Waals surface area contributed by atoms with Gasteiger partial charge in [0.15, 0.2) is 0 Å². The average molecular weight is 498 g/mol. The van der Waals surface area contributed by atoms with Crippen molar-refractivity contribution in [2.24, 2.45) is 0 Å². The smallest absolute Gasteiger partial charge is 0.354 e. The summed E-state index contributed by atoms with van der Waals surface area (Å²) in [5, 5.41) is 12.7. The number of anilines is 2. The summed E-state index contributed by atoms with van der Waals surface area (Å²) < 4.78 is 21.1. The summed E-state index contributed by atoms with van der Waals surface area (Å²) in [7, 11) is 0. The van der Waals surface area contributed by atoms with Crippen LogP contribution in [0.25, 0.3) is 0 Å². The molecule has 35 heavy (non-hydrogen) atoms. The molecule has 9 nitrogen and oxygen atoms in total. The van der Waals surface area contributed by atoms with Crippen LogP contribution in [-0.4, -0.2) is 30.8 Å². The number of aliphatic hydroxyl groups excluding tert-OH is 1. The Labute approximate surface area is 204 Å². The van der Waals surface area contributed by atoms with Crippen molar-refractivity contribution in [1.29, 1.82) is 0 Å². The lowest BCUT2D eigenvalue weighted by atomic mass is 10.2. The second-order valence-corrected chi connectivity index (χ2v) is 7.93. The van der Waals surface area contributed by atoms with E-state index in [9.17, 15) is 14.0 Å². The van der Waals surface area contributed by atoms with Crippen LogP contribution in [0.15, 0.2) is 76.3 Å². The third-order valence-corrected chi connectivity index (χ3v) is 5.22. The van der Waals surface area contributed by atoms with Crippen molar-refractivity contribution < 1.29 is 14.2 Å². The molecule has 0 aliphatic heterocycles. The number of ether oxygens (including phenoxy) is 1. The van der Waals surface area contributed by atoms with E-state index in [2.05, 4.69) is 15.3 Å². The minimum atomic E-state index is -0.726. The summed E-state index contributed by atoms with van der Waals surface area (Å²) in [6.45, 7) is 0.0159. The van der Waals surface area contributed by atoms with Gasteiger partial charge in [-0.3, -0.25) is 4.57 Å². The van der Waals surface area contributed by atoms with Crippen molar-refractivity contribution in [1.82, 2.24) is 19.1 Å². The lowest BCUT2D eigenvalue weighted by molar-refractivity contribution is 0.276. The molecule has 0 saturated heterocycles. The van der Waals surface area contributed by atoms with E-state index in [1.165, 1.54) is 22.8 Å². The van der Waals surface area contributed by atoms with Crippen LogP contribution in [-0.2, 0) is 13.1 Å². The van der Waals surface area contributed by atoms with E-state index in [-0.39, 0.29) is 37.9 Å². The zero-order valence-electron chi connectivity index (χ0n) is 18.4. The SMILES string of the molecule is O=c1nc(Nc2ccc(Oc3cccc(F)n3)cc2)n(Cc2ccc(Cl)cc2)c(=O)n1CCCO. The topological polar surface area (TPSA) is 111 Å². The van der Waals surface area contributed by atoms with Gasteiger partial charge in [0.1, 0.15) is 5.75 Å². The maximum absolute atomic E-state index is 13.3. The Balaban J connectivity index is 1.63. The van der Waals surface area contributed by atoms with E-state index in [0.717, 1.165) is 10.1 Å². The fourth-order valence-electron chi connectivity index (χ4n) is 3.26. The van der Waals surface area contributed by atoms with Gasteiger partial charge in [-0.15, -0.1) is 0 Å². The van der Waals surface area contributed by atoms with Gasteiger partial charge in [0.05, 0.1) is 6.54 Å². The lowest BCUT2D eigenvalue weighted by Gasteiger charge is -2.16. The van der Waals surface area contributed by atoms with Crippen LogP contribution in [0.4, 0.5) is 16.0 Å². The quantitative estimate of drug-likeness (QED) is 0.340. The Kier molecular flexibility index (Phi) is 7.54. The number of aromatic nitrogens is 4. The number of nitrogens with zero attached hydrogens (tertiary/aromatic N) is 4.